The van der Waals surface area contributed by atoms with E-state index >= 15 is 0 Å². The molecule has 0 aromatic rings. The minimum absolute atomic E-state index is 0. The van der Waals surface area contributed by atoms with Gasteiger partial charge in [0.05, 0.1) is 5.71 Å². The standard InChI is InChI=1S/C10H18N2O.ClH/c1-8(11-13-2)10-7-12-5-3-9(10)4-6-12;/h9-10H,3-7H2,1-2H3;1H. The van der Waals surface area contributed by atoms with Gasteiger partial charge in [0.25, 0.3) is 0 Å². The molecule has 0 aromatic heterocycles. The summed E-state index contributed by atoms with van der Waals surface area (Å²) in [5, 5.41) is 4.06. The van der Waals surface area contributed by atoms with E-state index in [1.54, 1.807) is 7.11 Å². The lowest BCUT2D eigenvalue weighted by molar-refractivity contribution is 0.0791. The Hall–Kier alpha value is -0.280. The van der Waals surface area contributed by atoms with Crippen LogP contribution in [0.5, 0.6) is 0 Å². The van der Waals surface area contributed by atoms with E-state index in [-0.39, 0.29) is 12.4 Å². The van der Waals surface area contributed by atoms with Gasteiger partial charge in [0, 0.05) is 12.5 Å². The molecule has 4 heteroatoms. The monoisotopic (exact) mass is 218 g/mol. The predicted molar refractivity (Wildman–Crippen MR) is 60.0 cm³/mol. The van der Waals surface area contributed by atoms with E-state index in [1.807, 2.05) is 0 Å². The summed E-state index contributed by atoms with van der Waals surface area (Å²) in [6.07, 6.45) is 2.70. The van der Waals surface area contributed by atoms with Crippen LogP contribution in [-0.4, -0.2) is 37.4 Å². The highest BCUT2D eigenvalue weighted by molar-refractivity contribution is 5.85. The summed E-state index contributed by atoms with van der Waals surface area (Å²) in [7, 11) is 1.63. The third-order valence-corrected chi connectivity index (χ3v) is 3.43. The lowest BCUT2D eigenvalue weighted by atomic mass is 9.77. The molecular weight excluding hydrogens is 200 g/mol. The Morgan fingerprint density at radius 3 is 2.43 bits per heavy atom. The maximum atomic E-state index is 4.83. The van der Waals surface area contributed by atoms with E-state index in [1.165, 1.54) is 38.2 Å². The predicted octanol–water partition coefficient (Wildman–Crippen LogP) is 1.77. The number of nitrogens with zero attached hydrogens (tertiary/aromatic N) is 2. The highest BCUT2D eigenvalue weighted by Gasteiger charge is 2.35. The van der Waals surface area contributed by atoms with E-state index in [4.69, 9.17) is 4.84 Å². The summed E-state index contributed by atoms with van der Waals surface area (Å²) in [4.78, 5) is 7.37. The molecule has 0 amide bonds. The zero-order valence-electron chi connectivity index (χ0n) is 8.90. The van der Waals surface area contributed by atoms with Crippen LogP contribution in [0, 0.1) is 11.8 Å². The molecule has 3 nitrogen and oxygen atoms in total. The van der Waals surface area contributed by atoms with Crippen molar-refractivity contribution in [1.29, 1.82) is 0 Å². The van der Waals surface area contributed by atoms with Crippen molar-refractivity contribution in [2.24, 2.45) is 17.0 Å². The van der Waals surface area contributed by atoms with Crippen molar-refractivity contribution in [3.8, 4) is 0 Å². The summed E-state index contributed by atoms with van der Waals surface area (Å²) in [6.45, 7) is 5.88. The second-order valence-electron chi connectivity index (χ2n) is 4.16. The third-order valence-electron chi connectivity index (χ3n) is 3.43. The van der Waals surface area contributed by atoms with Gasteiger partial charge in [-0.2, -0.15) is 0 Å². The lowest BCUT2D eigenvalue weighted by Gasteiger charge is -2.44. The molecule has 3 fully saturated rings. The highest BCUT2D eigenvalue weighted by atomic mass is 35.5. The maximum absolute atomic E-state index is 4.83. The van der Waals surface area contributed by atoms with Crippen molar-refractivity contribution in [1.82, 2.24) is 4.90 Å². The SMILES string of the molecule is CON=C(C)C1CN2CCC1CC2.Cl. The topological polar surface area (TPSA) is 24.8 Å². The number of fused-ring (bicyclic) bond motifs is 3. The van der Waals surface area contributed by atoms with Gasteiger partial charge in [-0.1, -0.05) is 5.16 Å². The van der Waals surface area contributed by atoms with Crippen LogP contribution in [0.1, 0.15) is 19.8 Å². The van der Waals surface area contributed by atoms with Gasteiger partial charge >= 0.3 is 0 Å². The minimum atomic E-state index is 0. The van der Waals surface area contributed by atoms with Crippen LogP contribution in [-0.2, 0) is 4.84 Å². The smallest absolute Gasteiger partial charge is 0.106 e. The molecule has 0 saturated carbocycles. The molecule has 0 aromatic carbocycles. The van der Waals surface area contributed by atoms with Crippen molar-refractivity contribution < 1.29 is 4.84 Å². The fraction of sp³-hybridized carbons (Fsp3) is 0.900. The van der Waals surface area contributed by atoms with Crippen molar-refractivity contribution in [3.05, 3.63) is 0 Å². The fourth-order valence-corrected chi connectivity index (χ4v) is 2.65. The van der Waals surface area contributed by atoms with E-state index in [2.05, 4.69) is 17.0 Å². The van der Waals surface area contributed by atoms with Gasteiger partial charge in [-0.05, 0) is 38.8 Å². The number of halogens is 1. The first kappa shape index (κ1) is 11.8. The molecule has 2 bridgehead atoms. The maximum Gasteiger partial charge on any atom is 0.106 e. The van der Waals surface area contributed by atoms with Gasteiger partial charge < -0.3 is 9.74 Å². The second kappa shape index (κ2) is 4.99. The van der Waals surface area contributed by atoms with Crippen LogP contribution < -0.4 is 0 Å². The van der Waals surface area contributed by atoms with E-state index < -0.39 is 0 Å². The molecule has 0 N–H and O–H groups in total. The Morgan fingerprint density at radius 2 is 2.00 bits per heavy atom. The molecule has 3 aliphatic heterocycles. The van der Waals surface area contributed by atoms with Crippen molar-refractivity contribution in [2.45, 2.75) is 19.8 Å². The Balaban J connectivity index is 0.000000980. The summed E-state index contributed by atoms with van der Waals surface area (Å²) in [6, 6.07) is 0. The van der Waals surface area contributed by atoms with Crippen LogP contribution in [0.3, 0.4) is 0 Å². The lowest BCUT2D eigenvalue weighted by Crippen LogP contribution is -2.49. The molecule has 1 atom stereocenters. The number of rotatable bonds is 2. The summed E-state index contributed by atoms with van der Waals surface area (Å²) < 4.78 is 0. The van der Waals surface area contributed by atoms with E-state index in [0.29, 0.717) is 5.92 Å². The van der Waals surface area contributed by atoms with Crippen molar-refractivity contribution in [2.75, 3.05) is 26.7 Å². The van der Waals surface area contributed by atoms with Gasteiger partial charge in [0.1, 0.15) is 7.11 Å². The van der Waals surface area contributed by atoms with Gasteiger partial charge in [-0.15, -0.1) is 12.4 Å². The quantitative estimate of drug-likeness (QED) is 0.522. The zero-order valence-corrected chi connectivity index (χ0v) is 9.72. The number of hydrogen-bond acceptors (Lipinski definition) is 3. The molecule has 3 heterocycles. The molecule has 0 spiro atoms. The second-order valence-corrected chi connectivity index (χ2v) is 4.16. The van der Waals surface area contributed by atoms with E-state index in [0.717, 1.165) is 5.92 Å². The number of hydrogen-bond donors (Lipinski definition) is 0. The fourth-order valence-electron chi connectivity index (χ4n) is 2.65. The molecule has 14 heavy (non-hydrogen) atoms. The van der Waals surface area contributed by atoms with Gasteiger partial charge in [-0.3, -0.25) is 0 Å². The summed E-state index contributed by atoms with van der Waals surface area (Å²) >= 11 is 0. The van der Waals surface area contributed by atoms with Gasteiger partial charge in [0.15, 0.2) is 0 Å². The zero-order chi connectivity index (χ0) is 9.26. The molecule has 3 saturated heterocycles. The first-order valence-electron chi connectivity index (χ1n) is 5.11. The van der Waals surface area contributed by atoms with Crippen LogP contribution in [0.4, 0.5) is 0 Å². The first-order valence-corrected chi connectivity index (χ1v) is 5.11. The molecular formula is C10H19ClN2O. The number of piperidine rings is 3. The molecule has 3 rings (SSSR count). The van der Waals surface area contributed by atoms with Crippen LogP contribution in [0.15, 0.2) is 5.16 Å². The molecule has 0 radical (unpaired) electrons. The normalized spacial score (nSPS) is 36.4. The summed E-state index contributed by atoms with van der Waals surface area (Å²) in [5.41, 5.74) is 1.18. The Bertz CT molecular complexity index is 212. The molecule has 82 valence electrons. The largest absolute Gasteiger partial charge is 0.399 e. The van der Waals surface area contributed by atoms with Crippen molar-refractivity contribution >= 4 is 18.1 Å². The van der Waals surface area contributed by atoms with Crippen LogP contribution in [0.2, 0.25) is 0 Å². The van der Waals surface area contributed by atoms with Crippen LogP contribution in [0.25, 0.3) is 0 Å². The first-order chi connectivity index (χ1) is 6.31. The van der Waals surface area contributed by atoms with E-state index in [9.17, 15) is 0 Å². The Labute approximate surface area is 91.9 Å². The Kier molecular flexibility index (Phi) is 4.20. The highest BCUT2D eigenvalue weighted by Crippen LogP contribution is 2.33. The molecule has 0 aliphatic carbocycles. The van der Waals surface area contributed by atoms with Gasteiger partial charge in [-0.25, -0.2) is 0 Å². The van der Waals surface area contributed by atoms with Gasteiger partial charge in [0.2, 0.25) is 0 Å². The number of oxime groups is 1. The molecule has 1 unspecified atom stereocenters. The summed E-state index contributed by atoms with van der Waals surface area (Å²) in [5.74, 6) is 1.52. The average Bonchev–Trinajstić information content (AvgIpc) is 2.20. The minimum Gasteiger partial charge on any atom is -0.399 e. The average molecular weight is 219 g/mol. The van der Waals surface area contributed by atoms with Crippen molar-refractivity contribution in [3.63, 3.8) is 0 Å². The van der Waals surface area contributed by atoms with Crippen LogP contribution >= 0.6 is 12.4 Å². The third kappa shape index (κ3) is 2.20. The molecule has 3 aliphatic rings. The Morgan fingerprint density at radius 1 is 1.36 bits per heavy atom.